The SMILES string of the molecule is CC1CN(C(=O)NC(C)c2ccc(SC(C)C)cc2)CC(C)O1. The highest BCUT2D eigenvalue weighted by Crippen LogP contribution is 2.24. The maximum absolute atomic E-state index is 12.4. The summed E-state index contributed by atoms with van der Waals surface area (Å²) in [6.07, 6.45) is 0.180. The maximum Gasteiger partial charge on any atom is 0.318 e. The highest BCUT2D eigenvalue weighted by atomic mass is 32.2. The van der Waals surface area contributed by atoms with Gasteiger partial charge in [-0.1, -0.05) is 26.0 Å². The van der Waals surface area contributed by atoms with E-state index in [2.05, 4.69) is 43.4 Å². The fraction of sp³-hybridized carbons (Fsp3) is 0.611. The highest BCUT2D eigenvalue weighted by molar-refractivity contribution is 7.99. The van der Waals surface area contributed by atoms with E-state index < -0.39 is 0 Å². The van der Waals surface area contributed by atoms with Crippen molar-refractivity contribution in [2.75, 3.05) is 13.1 Å². The van der Waals surface area contributed by atoms with E-state index in [0.717, 1.165) is 5.56 Å². The van der Waals surface area contributed by atoms with Gasteiger partial charge in [0.2, 0.25) is 0 Å². The number of nitrogens with one attached hydrogen (secondary N) is 1. The van der Waals surface area contributed by atoms with Crippen LogP contribution in [0.1, 0.15) is 46.2 Å². The molecule has 1 saturated heterocycles. The summed E-state index contributed by atoms with van der Waals surface area (Å²) in [5.74, 6) is 0. The first-order valence-electron chi connectivity index (χ1n) is 8.32. The molecule has 1 N–H and O–H groups in total. The number of benzene rings is 1. The lowest BCUT2D eigenvalue weighted by atomic mass is 10.1. The van der Waals surface area contributed by atoms with Crippen molar-refractivity contribution in [1.82, 2.24) is 10.2 Å². The van der Waals surface area contributed by atoms with Crippen LogP contribution >= 0.6 is 11.8 Å². The summed E-state index contributed by atoms with van der Waals surface area (Å²) in [6, 6.07) is 8.43. The summed E-state index contributed by atoms with van der Waals surface area (Å²) in [7, 11) is 0. The van der Waals surface area contributed by atoms with Gasteiger partial charge in [0.25, 0.3) is 0 Å². The molecule has 2 amide bonds. The van der Waals surface area contributed by atoms with E-state index in [1.807, 2.05) is 37.4 Å². The fourth-order valence-electron chi connectivity index (χ4n) is 2.81. The fourth-order valence-corrected chi connectivity index (χ4v) is 3.65. The molecular weight excluding hydrogens is 308 g/mol. The monoisotopic (exact) mass is 336 g/mol. The van der Waals surface area contributed by atoms with Gasteiger partial charge in [-0.25, -0.2) is 4.79 Å². The van der Waals surface area contributed by atoms with Crippen molar-refractivity contribution in [3.05, 3.63) is 29.8 Å². The number of urea groups is 1. The molecule has 1 aliphatic heterocycles. The summed E-state index contributed by atoms with van der Waals surface area (Å²) in [5, 5.41) is 3.66. The molecule has 128 valence electrons. The van der Waals surface area contributed by atoms with Crippen molar-refractivity contribution in [1.29, 1.82) is 0 Å². The van der Waals surface area contributed by atoms with Gasteiger partial charge in [0.15, 0.2) is 0 Å². The second kappa shape index (κ2) is 8.06. The van der Waals surface area contributed by atoms with Crippen LogP contribution < -0.4 is 5.32 Å². The zero-order chi connectivity index (χ0) is 17.0. The minimum Gasteiger partial charge on any atom is -0.372 e. The van der Waals surface area contributed by atoms with Crippen LogP contribution in [-0.4, -0.2) is 41.5 Å². The van der Waals surface area contributed by atoms with Crippen LogP contribution in [-0.2, 0) is 4.74 Å². The van der Waals surface area contributed by atoms with E-state index in [1.165, 1.54) is 4.90 Å². The van der Waals surface area contributed by atoms with Crippen LogP contribution in [0.25, 0.3) is 0 Å². The van der Waals surface area contributed by atoms with Gasteiger partial charge in [0.05, 0.1) is 18.2 Å². The third kappa shape index (κ3) is 5.43. The van der Waals surface area contributed by atoms with Crippen LogP contribution in [0.3, 0.4) is 0 Å². The molecule has 0 bridgehead atoms. The largest absolute Gasteiger partial charge is 0.372 e. The zero-order valence-corrected chi connectivity index (χ0v) is 15.5. The van der Waals surface area contributed by atoms with Crippen LogP contribution in [0.15, 0.2) is 29.2 Å². The number of nitrogens with zero attached hydrogens (tertiary/aromatic N) is 1. The van der Waals surface area contributed by atoms with Crippen molar-refractivity contribution in [2.45, 2.75) is 63.0 Å². The van der Waals surface area contributed by atoms with Crippen LogP contribution in [0, 0.1) is 0 Å². The van der Waals surface area contributed by atoms with Gasteiger partial charge in [-0.3, -0.25) is 0 Å². The minimum absolute atomic E-state index is 0.00550. The Morgan fingerprint density at radius 2 is 1.74 bits per heavy atom. The van der Waals surface area contributed by atoms with E-state index in [-0.39, 0.29) is 24.3 Å². The van der Waals surface area contributed by atoms with Crippen molar-refractivity contribution < 1.29 is 9.53 Å². The number of ether oxygens (including phenoxy) is 1. The number of hydrogen-bond donors (Lipinski definition) is 1. The van der Waals surface area contributed by atoms with Crippen LogP contribution in [0.4, 0.5) is 4.79 Å². The summed E-state index contributed by atoms with van der Waals surface area (Å²) in [6.45, 7) is 11.7. The third-order valence-electron chi connectivity index (χ3n) is 3.80. The smallest absolute Gasteiger partial charge is 0.318 e. The number of carbonyl (C=O) groups is 1. The maximum atomic E-state index is 12.4. The number of carbonyl (C=O) groups excluding carboxylic acids is 1. The molecule has 0 saturated carbocycles. The van der Waals surface area contributed by atoms with E-state index in [4.69, 9.17) is 4.74 Å². The first-order chi connectivity index (χ1) is 10.8. The Bertz CT molecular complexity index is 508. The first-order valence-corrected chi connectivity index (χ1v) is 9.20. The number of thioether (sulfide) groups is 1. The average molecular weight is 337 g/mol. The Balaban J connectivity index is 1.92. The molecule has 1 aliphatic rings. The lowest BCUT2D eigenvalue weighted by Crippen LogP contribution is -2.52. The second-order valence-corrected chi connectivity index (χ2v) is 8.22. The van der Waals surface area contributed by atoms with Gasteiger partial charge >= 0.3 is 6.03 Å². The van der Waals surface area contributed by atoms with E-state index >= 15 is 0 Å². The molecule has 0 spiro atoms. The average Bonchev–Trinajstić information content (AvgIpc) is 2.46. The van der Waals surface area contributed by atoms with Gasteiger partial charge in [-0.05, 0) is 38.5 Å². The molecule has 0 radical (unpaired) electrons. The van der Waals surface area contributed by atoms with Gasteiger partial charge in [0, 0.05) is 23.2 Å². The Kier molecular flexibility index (Phi) is 6.36. The number of amides is 2. The first kappa shape index (κ1) is 18.1. The van der Waals surface area contributed by atoms with Crippen molar-refractivity contribution >= 4 is 17.8 Å². The van der Waals surface area contributed by atoms with E-state index in [0.29, 0.717) is 18.3 Å². The molecule has 3 unspecified atom stereocenters. The Hall–Kier alpha value is -1.20. The summed E-state index contributed by atoms with van der Waals surface area (Å²) in [5.41, 5.74) is 1.13. The van der Waals surface area contributed by atoms with E-state index in [1.54, 1.807) is 0 Å². The molecule has 1 aromatic carbocycles. The van der Waals surface area contributed by atoms with Gasteiger partial charge in [-0.2, -0.15) is 0 Å². The standard InChI is InChI=1S/C18H28N2O2S/c1-12(2)23-17-8-6-16(7-9-17)15(5)19-18(21)20-10-13(3)22-14(4)11-20/h6-9,12-15H,10-11H2,1-5H3,(H,19,21). The Labute approximate surface area is 144 Å². The summed E-state index contributed by atoms with van der Waals surface area (Å²) < 4.78 is 5.68. The molecule has 2 rings (SSSR count). The van der Waals surface area contributed by atoms with Gasteiger partial charge in [0.1, 0.15) is 0 Å². The lowest BCUT2D eigenvalue weighted by Gasteiger charge is -2.35. The number of hydrogen-bond acceptors (Lipinski definition) is 3. The zero-order valence-electron chi connectivity index (χ0n) is 14.7. The molecular formula is C18H28N2O2S. The van der Waals surface area contributed by atoms with E-state index in [9.17, 15) is 4.79 Å². The van der Waals surface area contributed by atoms with Crippen molar-refractivity contribution in [3.63, 3.8) is 0 Å². The highest BCUT2D eigenvalue weighted by Gasteiger charge is 2.26. The Morgan fingerprint density at radius 1 is 1.17 bits per heavy atom. The number of rotatable bonds is 4. The molecule has 23 heavy (non-hydrogen) atoms. The van der Waals surface area contributed by atoms with Gasteiger partial charge in [-0.15, -0.1) is 11.8 Å². The molecule has 4 nitrogen and oxygen atoms in total. The second-order valence-electron chi connectivity index (χ2n) is 6.57. The summed E-state index contributed by atoms with van der Waals surface area (Å²) in [4.78, 5) is 15.5. The van der Waals surface area contributed by atoms with Crippen molar-refractivity contribution in [3.8, 4) is 0 Å². The molecule has 1 fully saturated rings. The molecule has 1 aromatic rings. The molecule has 5 heteroatoms. The number of morpholine rings is 1. The molecule has 0 aromatic heterocycles. The van der Waals surface area contributed by atoms with Crippen LogP contribution in [0.5, 0.6) is 0 Å². The predicted octanol–water partition coefficient (Wildman–Crippen LogP) is 4.07. The third-order valence-corrected chi connectivity index (χ3v) is 4.81. The molecule has 0 aliphatic carbocycles. The van der Waals surface area contributed by atoms with Crippen LogP contribution in [0.2, 0.25) is 0 Å². The predicted molar refractivity (Wildman–Crippen MR) is 96.0 cm³/mol. The van der Waals surface area contributed by atoms with Gasteiger partial charge < -0.3 is 15.0 Å². The summed E-state index contributed by atoms with van der Waals surface area (Å²) >= 11 is 1.85. The quantitative estimate of drug-likeness (QED) is 0.843. The normalized spacial score (nSPS) is 23.0. The van der Waals surface area contributed by atoms with Crippen molar-refractivity contribution in [2.24, 2.45) is 0 Å². The Morgan fingerprint density at radius 3 is 2.26 bits per heavy atom. The lowest BCUT2D eigenvalue weighted by molar-refractivity contribution is -0.0547. The topological polar surface area (TPSA) is 41.6 Å². The minimum atomic E-state index is -0.0138. The molecule has 1 heterocycles. The molecule has 3 atom stereocenters.